The van der Waals surface area contributed by atoms with Crippen LogP contribution in [-0.4, -0.2) is 18.2 Å². The summed E-state index contributed by atoms with van der Waals surface area (Å²) in [5.41, 5.74) is 9.07. The normalized spacial score (nSPS) is 10.8. The number of hydrogen-bond donors (Lipinski definition) is 2. The zero-order chi connectivity index (χ0) is 14.5. The maximum absolute atomic E-state index is 9.64. The Labute approximate surface area is 120 Å². The Kier molecular flexibility index (Phi) is 4.64. The number of aromatic hydroxyl groups is 1. The first-order valence-electron chi connectivity index (χ1n) is 6.98. The summed E-state index contributed by atoms with van der Waals surface area (Å²) < 4.78 is 0. The van der Waals surface area contributed by atoms with Crippen molar-refractivity contribution < 1.29 is 5.11 Å². The van der Waals surface area contributed by atoms with Crippen LogP contribution in [0.2, 0.25) is 0 Å². The maximum Gasteiger partial charge on any atom is 0.117 e. The SMILES string of the molecule is CC(C)c1ccc(N(CCN)c2cccc(O)c2)cc1. The number of anilines is 2. The Hall–Kier alpha value is -2.00. The third-order valence-electron chi connectivity index (χ3n) is 3.37. The van der Waals surface area contributed by atoms with Crippen LogP contribution >= 0.6 is 0 Å². The van der Waals surface area contributed by atoms with E-state index in [2.05, 4.69) is 43.0 Å². The lowest BCUT2D eigenvalue weighted by Crippen LogP contribution is -2.24. The Morgan fingerprint density at radius 3 is 2.30 bits per heavy atom. The van der Waals surface area contributed by atoms with Crippen molar-refractivity contribution in [2.24, 2.45) is 5.73 Å². The van der Waals surface area contributed by atoms with E-state index in [1.807, 2.05) is 12.1 Å². The maximum atomic E-state index is 9.64. The van der Waals surface area contributed by atoms with Gasteiger partial charge in [-0.25, -0.2) is 0 Å². The standard InChI is InChI=1S/C17H22N2O/c1-13(2)14-6-8-15(9-7-14)19(11-10-18)16-4-3-5-17(20)12-16/h3-9,12-13,20H,10-11,18H2,1-2H3. The zero-order valence-corrected chi connectivity index (χ0v) is 12.1. The van der Waals surface area contributed by atoms with E-state index in [1.54, 1.807) is 12.1 Å². The smallest absolute Gasteiger partial charge is 0.117 e. The number of hydrogen-bond acceptors (Lipinski definition) is 3. The predicted molar refractivity (Wildman–Crippen MR) is 84.7 cm³/mol. The number of phenolic OH excluding ortho intramolecular Hbond substituents is 1. The van der Waals surface area contributed by atoms with E-state index in [-0.39, 0.29) is 5.75 Å². The van der Waals surface area contributed by atoms with Crippen molar-refractivity contribution in [3.05, 3.63) is 54.1 Å². The first kappa shape index (κ1) is 14.4. The van der Waals surface area contributed by atoms with Gasteiger partial charge in [-0.3, -0.25) is 0 Å². The van der Waals surface area contributed by atoms with Gasteiger partial charge in [0.15, 0.2) is 0 Å². The Bertz CT molecular complexity index is 549. The average Bonchev–Trinajstić information content (AvgIpc) is 2.45. The highest BCUT2D eigenvalue weighted by Gasteiger charge is 2.09. The first-order chi connectivity index (χ1) is 9.61. The Morgan fingerprint density at radius 1 is 1.05 bits per heavy atom. The van der Waals surface area contributed by atoms with Crippen LogP contribution in [0, 0.1) is 0 Å². The summed E-state index contributed by atoms with van der Waals surface area (Å²) in [6.45, 7) is 5.63. The van der Waals surface area contributed by atoms with Crippen molar-refractivity contribution >= 4 is 11.4 Å². The van der Waals surface area contributed by atoms with Gasteiger partial charge in [0.2, 0.25) is 0 Å². The molecule has 0 spiro atoms. The van der Waals surface area contributed by atoms with Crippen molar-refractivity contribution in [3.63, 3.8) is 0 Å². The summed E-state index contributed by atoms with van der Waals surface area (Å²) >= 11 is 0. The second-order valence-electron chi connectivity index (χ2n) is 5.21. The summed E-state index contributed by atoms with van der Waals surface area (Å²) in [6.07, 6.45) is 0. The molecular weight excluding hydrogens is 248 g/mol. The van der Waals surface area contributed by atoms with Gasteiger partial charge in [-0.1, -0.05) is 32.0 Å². The van der Waals surface area contributed by atoms with Gasteiger partial charge < -0.3 is 15.7 Å². The molecule has 0 saturated heterocycles. The molecule has 0 aliphatic rings. The van der Waals surface area contributed by atoms with Crippen LogP contribution in [0.3, 0.4) is 0 Å². The molecule has 2 aromatic carbocycles. The lowest BCUT2D eigenvalue weighted by atomic mass is 10.0. The van der Waals surface area contributed by atoms with Gasteiger partial charge in [-0.2, -0.15) is 0 Å². The van der Waals surface area contributed by atoms with E-state index in [9.17, 15) is 5.11 Å². The third kappa shape index (κ3) is 3.31. The van der Waals surface area contributed by atoms with Gasteiger partial charge >= 0.3 is 0 Å². The lowest BCUT2D eigenvalue weighted by Gasteiger charge is -2.25. The van der Waals surface area contributed by atoms with Crippen LogP contribution in [0.15, 0.2) is 48.5 Å². The number of nitrogens with two attached hydrogens (primary N) is 1. The average molecular weight is 270 g/mol. The second-order valence-corrected chi connectivity index (χ2v) is 5.21. The minimum Gasteiger partial charge on any atom is -0.508 e. The molecule has 106 valence electrons. The van der Waals surface area contributed by atoms with Crippen LogP contribution in [0.25, 0.3) is 0 Å². The van der Waals surface area contributed by atoms with Crippen molar-refractivity contribution in [2.75, 3.05) is 18.0 Å². The van der Waals surface area contributed by atoms with Gasteiger partial charge in [0, 0.05) is 30.5 Å². The van der Waals surface area contributed by atoms with Crippen LogP contribution in [0.4, 0.5) is 11.4 Å². The van der Waals surface area contributed by atoms with Crippen molar-refractivity contribution in [1.29, 1.82) is 0 Å². The van der Waals surface area contributed by atoms with Gasteiger partial charge in [-0.15, -0.1) is 0 Å². The molecular formula is C17H22N2O. The molecule has 3 heteroatoms. The molecule has 3 nitrogen and oxygen atoms in total. The van der Waals surface area contributed by atoms with Crippen molar-refractivity contribution in [3.8, 4) is 5.75 Å². The quantitative estimate of drug-likeness (QED) is 0.872. The zero-order valence-electron chi connectivity index (χ0n) is 12.1. The largest absolute Gasteiger partial charge is 0.508 e. The Morgan fingerprint density at radius 2 is 1.75 bits per heavy atom. The molecule has 0 amide bonds. The first-order valence-corrected chi connectivity index (χ1v) is 6.98. The molecule has 3 N–H and O–H groups in total. The molecule has 0 atom stereocenters. The molecule has 0 aliphatic carbocycles. The highest BCUT2D eigenvalue weighted by Crippen LogP contribution is 2.28. The van der Waals surface area contributed by atoms with Gasteiger partial charge in [-0.05, 0) is 35.7 Å². The highest BCUT2D eigenvalue weighted by molar-refractivity contribution is 5.64. The van der Waals surface area contributed by atoms with Crippen LogP contribution in [-0.2, 0) is 0 Å². The molecule has 2 aromatic rings. The Balaban J connectivity index is 2.33. The van der Waals surface area contributed by atoms with Gasteiger partial charge in [0.05, 0.1) is 0 Å². The highest BCUT2D eigenvalue weighted by atomic mass is 16.3. The molecule has 0 bridgehead atoms. The molecule has 0 fully saturated rings. The molecule has 0 unspecified atom stereocenters. The number of rotatable bonds is 5. The van der Waals surface area contributed by atoms with Gasteiger partial charge in [0.1, 0.15) is 5.75 Å². The van der Waals surface area contributed by atoms with E-state index < -0.39 is 0 Å². The lowest BCUT2D eigenvalue weighted by molar-refractivity contribution is 0.475. The van der Waals surface area contributed by atoms with Crippen LogP contribution in [0.5, 0.6) is 5.75 Å². The fraction of sp³-hybridized carbons (Fsp3) is 0.294. The molecule has 0 heterocycles. The minimum atomic E-state index is 0.267. The molecule has 0 aromatic heterocycles. The van der Waals surface area contributed by atoms with Crippen molar-refractivity contribution in [2.45, 2.75) is 19.8 Å². The summed E-state index contributed by atoms with van der Waals surface area (Å²) in [5.74, 6) is 0.788. The third-order valence-corrected chi connectivity index (χ3v) is 3.37. The molecule has 2 rings (SSSR count). The molecule has 0 aliphatic heterocycles. The summed E-state index contributed by atoms with van der Waals surface area (Å²) in [6, 6.07) is 15.8. The van der Waals surface area contributed by atoms with E-state index in [4.69, 9.17) is 5.73 Å². The molecule has 20 heavy (non-hydrogen) atoms. The van der Waals surface area contributed by atoms with Crippen LogP contribution in [0.1, 0.15) is 25.3 Å². The van der Waals surface area contributed by atoms with E-state index in [0.29, 0.717) is 19.0 Å². The molecule has 0 radical (unpaired) electrons. The van der Waals surface area contributed by atoms with E-state index in [1.165, 1.54) is 5.56 Å². The van der Waals surface area contributed by atoms with Gasteiger partial charge in [0.25, 0.3) is 0 Å². The summed E-state index contributed by atoms with van der Waals surface area (Å²) in [7, 11) is 0. The van der Waals surface area contributed by atoms with Crippen molar-refractivity contribution in [1.82, 2.24) is 0 Å². The number of benzene rings is 2. The predicted octanol–water partition coefficient (Wildman–Crippen LogP) is 3.61. The number of phenols is 1. The fourth-order valence-electron chi connectivity index (χ4n) is 2.24. The summed E-state index contributed by atoms with van der Waals surface area (Å²) in [4.78, 5) is 2.11. The van der Waals surface area contributed by atoms with E-state index >= 15 is 0 Å². The summed E-state index contributed by atoms with van der Waals surface area (Å²) in [5, 5.41) is 9.64. The van der Waals surface area contributed by atoms with Crippen LogP contribution < -0.4 is 10.6 Å². The number of nitrogens with zero attached hydrogens (tertiary/aromatic N) is 1. The topological polar surface area (TPSA) is 49.5 Å². The fourth-order valence-corrected chi connectivity index (χ4v) is 2.24. The molecule has 0 saturated carbocycles. The van der Waals surface area contributed by atoms with E-state index in [0.717, 1.165) is 11.4 Å². The minimum absolute atomic E-state index is 0.267. The second kappa shape index (κ2) is 6.44. The monoisotopic (exact) mass is 270 g/mol.